The van der Waals surface area contributed by atoms with Gasteiger partial charge in [-0.05, 0) is 65.5 Å². The van der Waals surface area contributed by atoms with E-state index in [1.807, 2.05) is 53.1 Å². The van der Waals surface area contributed by atoms with E-state index >= 15 is 0 Å². The molecule has 0 spiro atoms. The molecule has 0 unspecified atom stereocenters. The van der Waals surface area contributed by atoms with Crippen molar-refractivity contribution >= 4 is 22.8 Å². The third kappa shape index (κ3) is 5.59. The first kappa shape index (κ1) is 27.4. The predicted molar refractivity (Wildman–Crippen MR) is 153 cm³/mol. The van der Waals surface area contributed by atoms with Crippen molar-refractivity contribution in [3.63, 3.8) is 0 Å². The minimum absolute atomic E-state index is 0.0362. The van der Waals surface area contributed by atoms with E-state index in [0.717, 1.165) is 47.8 Å². The molecule has 40 heavy (non-hydrogen) atoms. The molecule has 0 atom stereocenters. The summed E-state index contributed by atoms with van der Waals surface area (Å²) in [5, 5.41) is 10.3. The lowest BCUT2D eigenvalue weighted by Crippen LogP contribution is -2.37. The molecule has 1 fully saturated rings. The minimum Gasteiger partial charge on any atom is -0.485 e. The number of nitrogens with zero attached hydrogens (tertiary/aromatic N) is 7. The van der Waals surface area contributed by atoms with Crippen molar-refractivity contribution in [3.05, 3.63) is 53.3 Å². The highest BCUT2D eigenvalue weighted by molar-refractivity contribution is 5.96. The number of aromatic nitrogens is 6. The average Bonchev–Trinajstić information content (AvgIpc) is 3.50. The predicted octanol–water partition coefficient (Wildman–Crippen LogP) is 4.85. The first-order chi connectivity index (χ1) is 19.0. The standard InChI is InChI=1S/C29H37N7O4/c1-7-35(28(38)40-29(2,3)4)25-15-23-22(17-30-25)26(19-16-31-34(6)18-19)32-36(23)20-10-12-21(13-11-20)39-24-9-8-14-33(5)27(24)37/h8-9,14-18,20-21H,7,10-13H2,1-6H3. The summed E-state index contributed by atoms with van der Waals surface area (Å²) in [6.07, 6.45) is 10.0. The Morgan fingerprint density at radius 2 is 1.90 bits per heavy atom. The van der Waals surface area contributed by atoms with Crippen LogP contribution in [0.5, 0.6) is 5.75 Å². The molecule has 1 saturated carbocycles. The fraction of sp³-hybridized carbons (Fsp3) is 0.483. The summed E-state index contributed by atoms with van der Waals surface area (Å²) in [6, 6.07) is 5.60. The Morgan fingerprint density at radius 3 is 2.55 bits per heavy atom. The first-order valence-corrected chi connectivity index (χ1v) is 13.7. The fourth-order valence-electron chi connectivity index (χ4n) is 5.16. The van der Waals surface area contributed by atoms with Crippen molar-refractivity contribution in [2.24, 2.45) is 14.1 Å². The number of hydrogen-bond acceptors (Lipinski definition) is 7. The number of pyridine rings is 2. The van der Waals surface area contributed by atoms with Crippen molar-refractivity contribution in [1.82, 2.24) is 29.1 Å². The van der Waals surface area contributed by atoms with E-state index in [4.69, 9.17) is 14.6 Å². The van der Waals surface area contributed by atoms with Gasteiger partial charge in [0.25, 0.3) is 5.56 Å². The van der Waals surface area contributed by atoms with Crippen LogP contribution in [0.15, 0.2) is 47.8 Å². The second-order valence-corrected chi connectivity index (χ2v) is 11.3. The van der Waals surface area contributed by atoms with Crippen molar-refractivity contribution in [1.29, 1.82) is 0 Å². The second kappa shape index (κ2) is 10.8. The van der Waals surface area contributed by atoms with E-state index in [0.29, 0.717) is 18.1 Å². The van der Waals surface area contributed by atoms with E-state index in [1.165, 1.54) is 9.47 Å². The van der Waals surface area contributed by atoms with Crippen LogP contribution in [-0.2, 0) is 18.8 Å². The van der Waals surface area contributed by atoms with Crippen LogP contribution in [0, 0.1) is 0 Å². The quantitative estimate of drug-likeness (QED) is 0.339. The smallest absolute Gasteiger partial charge is 0.415 e. The lowest BCUT2D eigenvalue weighted by Gasteiger charge is -2.29. The topological polar surface area (TPSA) is 109 Å². The summed E-state index contributed by atoms with van der Waals surface area (Å²) in [7, 11) is 3.60. The number of rotatable bonds is 6. The molecule has 1 aliphatic carbocycles. The molecule has 212 valence electrons. The molecule has 0 aliphatic heterocycles. The fourth-order valence-corrected chi connectivity index (χ4v) is 5.16. The number of fused-ring (bicyclic) bond motifs is 1. The Balaban J connectivity index is 1.46. The monoisotopic (exact) mass is 547 g/mol. The molecule has 0 bridgehead atoms. The highest BCUT2D eigenvalue weighted by Gasteiger charge is 2.29. The zero-order chi connectivity index (χ0) is 28.6. The Kier molecular flexibility index (Phi) is 7.39. The SMILES string of the molecule is CCN(C(=O)OC(C)(C)C)c1cc2c(cn1)c(-c1cnn(C)c1)nn2C1CCC(Oc2cccn(C)c2=O)CC1. The van der Waals surface area contributed by atoms with Gasteiger partial charge >= 0.3 is 6.09 Å². The van der Waals surface area contributed by atoms with Gasteiger partial charge in [-0.15, -0.1) is 0 Å². The maximum Gasteiger partial charge on any atom is 0.415 e. The van der Waals surface area contributed by atoms with Gasteiger partial charge in [-0.25, -0.2) is 9.78 Å². The Labute approximate surface area is 233 Å². The molecule has 0 radical (unpaired) electrons. The van der Waals surface area contributed by atoms with Crippen LogP contribution in [0.1, 0.15) is 59.4 Å². The summed E-state index contributed by atoms with van der Waals surface area (Å²) in [5.74, 6) is 0.898. The number of amides is 1. The van der Waals surface area contributed by atoms with Crippen LogP contribution in [-0.4, -0.2) is 53.5 Å². The molecule has 1 aliphatic rings. The highest BCUT2D eigenvalue weighted by Crippen LogP contribution is 2.36. The van der Waals surface area contributed by atoms with Gasteiger partial charge in [0, 0.05) is 56.2 Å². The number of ether oxygens (including phenoxy) is 2. The molecular weight excluding hydrogens is 510 g/mol. The lowest BCUT2D eigenvalue weighted by atomic mass is 9.93. The van der Waals surface area contributed by atoms with Crippen molar-refractivity contribution in [2.75, 3.05) is 11.4 Å². The van der Waals surface area contributed by atoms with Crippen molar-refractivity contribution in [3.8, 4) is 17.0 Å². The number of aryl methyl sites for hydroxylation is 2. The van der Waals surface area contributed by atoms with Crippen molar-refractivity contribution in [2.45, 2.75) is 71.1 Å². The first-order valence-electron chi connectivity index (χ1n) is 13.7. The van der Waals surface area contributed by atoms with Gasteiger partial charge in [-0.1, -0.05) is 0 Å². The summed E-state index contributed by atoms with van der Waals surface area (Å²) in [5.41, 5.74) is 1.85. The molecule has 4 aromatic heterocycles. The van der Waals surface area contributed by atoms with Gasteiger partial charge in [0.2, 0.25) is 0 Å². The van der Waals surface area contributed by atoms with Crippen molar-refractivity contribution < 1.29 is 14.3 Å². The summed E-state index contributed by atoms with van der Waals surface area (Å²) in [4.78, 5) is 31.6. The largest absolute Gasteiger partial charge is 0.485 e. The Hall–Kier alpha value is -4.15. The van der Waals surface area contributed by atoms with Gasteiger partial charge < -0.3 is 14.0 Å². The van der Waals surface area contributed by atoms with Gasteiger partial charge in [0.15, 0.2) is 5.75 Å². The maximum atomic E-state index is 13.0. The van der Waals surface area contributed by atoms with Crippen LogP contribution in [0.2, 0.25) is 0 Å². The van der Waals surface area contributed by atoms with E-state index in [2.05, 4.69) is 14.8 Å². The lowest BCUT2D eigenvalue weighted by molar-refractivity contribution is 0.0581. The number of carbonyl (C=O) groups excluding carboxylic acids is 1. The third-order valence-corrected chi connectivity index (χ3v) is 7.13. The van der Waals surface area contributed by atoms with Crippen LogP contribution in [0.3, 0.4) is 0 Å². The van der Waals surface area contributed by atoms with Crippen LogP contribution in [0.4, 0.5) is 10.6 Å². The minimum atomic E-state index is -0.617. The molecule has 4 aromatic rings. The van der Waals surface area contributed by atoms with E-state index in [-0.39, 0.29) is 17.7 Å². The highest BCUT2D eigenvalue weighted by atomic mass is 16.6. The summed E-state index contributed by atoms with van der Waals surface area (Å²) in [6.45, 7) is 7.86. The van der Waals surface area contributed by atoms with Gasteiger partial charge in [0.1, 0.15) is 17.1 Å². The Bertz CT molecular complexity index is 1570. The molecule has 0 saturated heterocycles. The molecule has 0 aromatic carbocycles. The zero-order valence-corrected chi connectivity index (χ0v) is 24.0. The molecule has 0 N–H and O–H groups in total. The average molecular weight is 548 g/mol. The van der Waals surface area contributed by atoms with Gasteiger partial charge in [0.05, 0.1) is 23.9 Å². The maximum absolute atomic E-state index is 13.0. The van der Waals surface area contributed by atoms with E-state index < -0.39 is 11.7 Å². The second-order valence-electron chi connectivity index (χ2n) is 11.3. The molecule has 4 heterocycles. The molecule has 11 heteroatoms. The van der Waals surface area contributed by atoms with E-state index in [9.17, 15) is 9.59 Å². The molecule has 11 nitrogen and oxygen atoms in total. The van der Waals surface area contributed by atoms with Gasteiger partial charge in [-0.3, -0.25) is 19.1 Å². The number of anilines is 1. The normalized spacial score (nSPS) is 17.6. The number of hydrogen-bond donors (Lipinski definition) is 0. The Morgan fingerprint density at radius 1 is 1.15 bits per heavy atom. The zero-order valence-electron chi connectivity index (χ0n) is 24.0. The molecular formula is C29H37N7O4. The van der Waals surface area contributed by atoms with Crippen LogP contribution < -0.4 is 15.2 Å². The van der Waals surface area contributed by atoms with Crippen LogP contribution >= 0.6 is 0 Å². The number of carbonyl (C=O) groups is 1. The summed E-state index contributed by atoms with van der Waals surface area (Å²) >= 11 is 0. The summed E-state index contributed by atoms with van der Waals surface area (Å²) < 4.78 is 17.1. The van der Waals surface area contributed by atoms with Crippen LogP contribution in [0.25, 0.3) is 22.2 Å². The molecule has 5 rings (SSSR count). The third-order valence-electron chi connectivity index (χ3n) is 7.13. The van der Waals surface area contributed by atoms with E-state index in [1.54, 1.807) is 36.4 Å². The van der Waals surface area contributed by atoms with Gasteiger partial charge in [-0.2, -0.15) is 10.2 Å². The molecule has 1 amide bonds.